The highest BCUT2D eigenvalue weighted by molar-refractivity contribution is 6.00. The lowest BCUT2D eigenvalue weighted by Gasteiger charge is -2.09. The number of amides is 2. The van der Waals surface area contributed by atoms with Gasteiger partial charge in [-0.15, -0.1) is 0 Å². The number of ether oxygens (including phenoxy) is 1. The maximum atomic E-state index is 11.8. The van der Waals surface area contributed by atoms with Gasteiger partial charge in [0.1, 0.15) is 0 Å². The number of urea groups is 1. The fraction of sp³-hybridized carbons (Fsp3) is 0.333. The number of carbonyl (C=O) groups is 2. The van der Waals surface area contributed by atoms with Crippen molar-refractivity contribution in [2.75, 3.05) is 11.9 Å². The molecule has 1 aromatic rings. The first-order valence-electron chi connectivity index (χ1n) is 6.71. The van der Waals surface area contributed by atoms with E-state index in [2.05, 4.69) is 10.6 Å². The van der Waals surface area contributed by atoms with Crippen molar-refractivity contribution < 1.29 is 14.3 Å². The van der Waals surface area contributed by atoms with E-state index >= 15 is 0 Å². The quantitative estimate of drug-likeness (QED) is 0.811. The molecule has 2 rings (SSSR count). The summed E-state index contributed by atoms with van der Waals surface area (Å²) in [7, 11) is 0. The number of para-hydroxylation sites is 1. The lowest BCUT2D eigenvalue weighted by molar-refractivity contribution is 0.0527. The summed E-state index contributed by atoms with van der Waals surface area (Å²) in [5.74, 6) is 0.152. The van der Waals surface area contributed by atoms with E-state index < -0.39 is 5.97 Å². The maximum Gasteiger partial charge on any atom is 0.340 e. The number of benzene rings is 1. The molecule has 0 heterocycles. The Morgan fingerprint density at radius 1 is 1.35 bits per heavy atom. The highest BCUT2D eigenvalue weighted by Crippen LogP contribution is 2.29. The molecule has 1 saturated carbocycles. The second-order valence-corrected chi connectivity index (χ2v) is 4.56. The molecular formula is C15H18N2O3. The first-order valence-corrected chi connectivity index (χ1v) is 6.71. The molecule has 106 valence electrons. The van der Waals surface area contributed by atoms with E-state index in [1.165, 1.54) is 12.8 Å². The largest absolute Gasteiger partial charge is 0.462 e. The number of hydrogen-bond acceptors (Lipinski definition) is 3. The van der Waals surface area contributed by atoms with E-state index in [1.807, 2.05) is 6.08 Å². The molecule has 0 unspecified atom stereocenters. The molecule has 0 spiro atoms. The van der Waals surface area contributed by atoms with Gasteiger partial charge in [-0.3, -0.25) is 0 Å². The van der Waals surface area contributed by atoms with Gasteiger partial charge in [0.25, 0.3) is 0 Å². The zero-order valence-electron chi connectivity index (χ0n) is 11.4. The maximum absolute atomic E-state index is 11.8. The van der Waals surface area contributed by atoms with Crippen LogP contribution in [0.15, 0.2) is 36.5 Å². The number of carbonyl (C=O) groups excluding carboxylic acids is 2. The number of allylic oxidation sites excluding steroid dienone is 1. The van der Waals surface area contributed by atoms with Gasteiger partial charge in [0, 0.05) is 6.20 Å². The Morgan fingerprint density at radius 3 is 2.80 bits per heavy atom. The predicted octanol–water partition coefficient (Wildman–Crippen LogP) is 2.91. The van der Waals surface area contributed by atoms with Crippen molar-refractivity contribution >= 4 is 17.7 Å². The average Bonchev–Trinajstić information content (AvgIpc) is 3.24. The van der Waals surface area contributed by atoms with E-state index in [-0.39, 0.29) is 6.03 Å². The second kappa shape index (κ2) is 6.75. The highest BCUT2D eigenvalue weighted by atomic mass is 16.5. The number of hydrogen-bond donors (Lipinski definition) is 2. The van der Waals surface area contributed by atoms with Crippen LogP contribution in [0, 0.1) is 5.92 Å². The molecule has 5 nitrogen and oxygen atoms in total. The summed E-state index contributed by atoms with van der Waals surface area (Å²) < 4.78 is 4.95. The second-order valence-electron chi connectivity index (χ2n) is 4.56. The minimum atomic E-state index is -0.447. The third kappa shape index (κ3) is 4.12. The first-order chi connectivity index (χ1) is 9.70. The highest BCUT2D eigenvalue weighted by Gasteiger charge is 2.17. The molecule has 5 heteroatoms. The minimum Gasteiger partial charge on any atom is -0.462 e. The summed E-state index contributed by atoms with van der Waals surface area (Å²) in [5.41, 5.74) is 0.777. The van der Waals surface area contributed by atoms with Crippen LogP contribution in [0.1, 0.15) is 30.1 Å². The molecule has 0 atom stereocenters. The molecular weight excluding hydrogens is 256 g/mol. The summed E-state index contributed by atoms with van der Waals surface area (Å²) in [6, 6.07) is 6.38. The minimum absolute atomic E-state index is 0.295. The van der Waals surface area contributed by atoms with Gasteiger partial charge < -0.3 is 15.4 Å². The molecule has 0 saturated heterocycles. The molecule has 0 radical (unpaired) electrons. The Labute approximate surface area is 118 Å². The summed E-state index contributed by atoms with van der Waals surface area (Å²) in [5, 5.41) is 5.26. The molecule has 2 N–H and O–H groups in total. The van der Waals surface area contributed by atoms with Crippen molar-refractivity contribution in [1.82, 2.24) is 5.32 Å². The van der Waals surface area contributed by atoms with Crippen molar-refractivity contribution in [3.63, 3.8) is 0 Å². The molecule has 1 aliphatic rings. The summed E-state index contributed by atoms with van der Waals surface area (Å²) in [6.45, 7) is 2.03. The Kier molecular flexibility index (Phi) is 4.76. The van der Waals surface area contributed by atoms with Gasteiger partial charge in [-0.05, 0) is 37.8 Å². The lowest BCUT2D eigenvalue weighted by Crippen LogP contribution is -2.25. The van der Waals surface area contributed by atoms with Crippen molar-refractivity contribution in [3.05, 3.63) is 42.1 Å². The normalized spacial score (nSPS) is 14.1. The van der Waals surface area contributed by atoms with E-state index in [4.69, 9.17) is 4.74 Å². The fourth-order valence-corrected chi connectivity index (χ4v) is 1.69. The van der Waals surface area contributed by atoms with Gasteiger partial charge in [0.15, 0.2) is 0 Å². The molecule has 0 aliphatic heterocycles. The van der Waals surface area contributed by atoms with Gasteiger partial charge in [0.2, 0.25) is 0 Å². The van der Waals surface area contributed by atoms with Gasteiger partial charge in [0.05, 0.1) is 17.9 Å². The van der Waals surface area contributed by atoms with E-state index in [9.17, 15) is 9.59 Å². The van der Waals surface area contributed by atoms with E-state index in [0.717, 1.165) is 0 Å². The molecule has 0 aromatic heterocycles. The van der Waals surface area contributed by atoms with Crippen LogP contribution in [-0.2, 0) is 4.74 Å². The smallest absolute Gasteiger partial charge is 0.340 e. The van der Waals surface area contributed by atoms with E-state index in [1.54, 1.807) is 37.4 Å². The SMILES string of the molecule is CCOC(=O)c1ccccc1NC(=O)N/C=C/C1CC1. The van der Waals surface area contributed by atoms with Crippen LogP contribution >= 0.6 is 0 Å². The zero-order chi connectivity index (χ0) is 14.4. The molecule has 1 aliphatic carbocycles. The first kappa shape index (κ1) is 14.1. The lowest BCUT2D eigenvalue weighted by atomic mass is 10.2. The van der Waals surface area contributed by atoms with Gasteiger partial charge >= 0.3 is 12.0 Å². The van der Waals surface area contributed by atoms with Crippen LogP contribution in [0.3, 0.4) is 0 Å². The zero-order valence-corrected chi connectivity index (χ0v) is 11.4. The van der Waals surface area contributed by atoms with Crippen molar-refractivity contribution in [2.24, 2.45) is 5.92 Å². The van der Waals surface area contributed by atoms with Gasteiger partial charge in [-0.25, -0.2) is 9.59 Å². The molecule has 0 bridgehead atoms. The standard InChI is InChI=1S/C15H18N2O3/c1-2-20-14(18)12-5-3-4-6-13(12)17-15(19)16-10-9-11-7-8-11/h3-6,9-11H,2,7-8H2,1H3,(H2,16,17,19)/b10-9+. The predicted molar refractivity (Wildman–Crippen MR) is 76.4 cm³/mol. The van der Waals surface area contributed by atoms with E-state index in [0.29, 0.717) is 23.8 Å². The topological polar surface area (TPSA) is 67.4 Å². The third-order valence-corrected chi connectivity index (χ3v) is 2.88. The van der Waals surface area contributed by atoms with Crippen molar-refractivity contribution in [1.29, 1.82) is 0 Å². The Bertz CT molecular complexity index is 522. The number of anilines is 1. The van der Waals surface area contributed by atoms with Crippen LogP contribution in [0.5, 0.6) is 0 Å². The molecule has 20 heavy (non-hydrogen) atoms. The van der Waals surface area contributed by atoms with Crippen LogP contribution < -0.4 is 10.6 Å². The molecule has 1 aromatic carbocycles. The monoisotopic (exact) mass is 274 g/mol. The summed E-state index contributed by atoms with van der Waals surface area (Å²) in [4.78, 5) is 23.5. The van der Waals surface area contributed by atoms with Crippen molar-refractivity contribution in [3.8, 4) is 0 Å². The van der Waals surface area contributed by atoms with Crippen LogP contribution in [0.4, 0.5) is 10.5 Å². The van der Waals surface area contributed by atoms with Crippen LogP contribution in [0.25, 0.3) is 0 Å². The van der Waals surface area contributed by atoms with Crippen LogP contribution in [-0.4, -0.2) is 18.6 Å². The average molecular weight is 274 g/mol. The van der Waals surface area contributed by atoms with Crippen molar-refractivity contribution in [2.45, 2.75) is 19.8 Å². The van der Waals surface area contributed by atoms with Gasteiger partial charge in [-0.2, -0.15) is 0 Å². The summed E-state index contributed by atoms with van der Waals surface area (Å²) in [6.07, 6.45) is 5.98. The molecule has 1 fully saturated rings. The Morgan fingerprint density at radius 2 is 2.10 bits per heavy atom. The number of nitrogens with one attached hydrogen (secondary N) is 2. The van der Waals surface area contributed by atoms with Gasteiger partial charge in [-0.1, -0.05) is 18.2 Å². The molecule has 2 amide bonds. The van der Waals surface area contributed by atoms with Crippen LogP contribution in [0.2, 0.25) is 0 Å². The Balaban J connectivity index is 1.96. The summed E-state index contributed by atoms with van der Waals surface area (Å²) >= 11 is 0. The fourth-order valence-electron chi connectivity index (χ4n) is 1.69. The number of rotatable bonds is 5. The third-order valence-electron chi connectivity index (χ3n) is 2.88. The number of esters is 1. The Hall–Kier alpha value is -2.30.